The maximum Gasteiger partial charge on any atom is 0.255 e. The Labute approximate surface area is 140 Å². The van der Waals surface area contributed by atoms with Crippen molar-refractivity contribution in [1.82, 2.24) is 4.90 Å². The number of halogens is 2. The fraction of sp³-hybridized carbons (Fsp3) is 0.267. The van der Waals surface area contributed by atoms with E-state index < -0.39 is 0 Å². The van der Waals surface area contributed by atoms with Gasteiger partial charge in [-0.15, -0.1) is 11.3 Å². The number of thiophene rings is 1. The van der Waals surface area contributed by atoms with Gasteiger partial charge in [0.1, 0.15) is 0 Å². The standard InChI is InChI=1S/C15H15Br2NOS/c1-3-10-4-6-11(7-5-10)9-18(2)15(19)12-8-13(16)20-14(12)17/h4-8H,3,9H2,1-2H3. The second-order valence-electron chi connectivity index (χ2n) is 4.57. The van der Waals surface area contributed by atoms with Gasteiger partial charge in [-0.3, -0.25) is 4.79 Å². The van der Waals surface area contributed by atoms with Gasteiger partial charge in [0.2, 0.25) is 0 Å². The Bertz CT molecular complexity index is 607. The minimum atomic E-state index is 0.0263. The third-order valence-electron chi connectivity index (χ3n) is 3.08. The molecule has 20 heavy (non-hydrogen) atoms. The van der Waals surface area contributed by atoms with Crippen LogP contribution in [0.25, 0.3) is 0 Å². The molecule has 0 saturated carbocycles. The van der Waals surface area contributed by atoms with Gasteiger partial charge in [0, 0.05) is 13.6 Å². The van der Waals surface area contributed by atoms with Crippen molar-refractivity contribution in [2.24, 2.45) is 0 Å². The largest absolute Gasteiger partial charge is 0.337 e. The fourth-order valence-corrected chi connectivity index (χ4v) is 4.70. The molecule has 0 atom stereocenters. The first kappa shape index (κ1) is 15.7. The molecule has 0 saturated heterocycles. The molecule has 1 aromatic heterocycles. The van der Waals surface area contributed by atoms with Crippen molar-refractivity contribution in [3.05, 3.63) is 54.6 Å². The molecule has 1 amide bonds. The molecule has 0 fully saturated rings. The summed E-state index contributed by atoms with van der Waals surface area (Å²) in [7, 11) is 1.83. The number of nitrogens with zero attached hydrogens (tertiary/aromatic N) is 1. The maximum atomic E-state index is 12.4. The van der Waals surface area contributed by atoms with E-state index in [9.17, 15) is 4.79 Å². The summed E-state index contributed by atoms with van der Waals surface area (Å²) in [5, 5.41) is 0. The van der Waals surface area contributed by atoms with E-state index in [1.807, 2.05) is 13.1 Å². The number of rotatable bonds is 4. The highest BCUT2D eigenvalue weighted by Gasteiger charge is 2.17. The molecule has 5 heteroatoms. The first-order chi connectivity index (χ1) is 9.51. The van der Waals surface area contributed by atoms with E-state index in [1.54, 1.807) is 4.90 Å². The van der Waals surface area contributed by atoms with Crippen molar-refractivity contribution in [2.45, 2.75) is 19.9 Å². The summed E-state index contributed by atoms with van der Waals surface area (Å²) in [5.41, 5.74) is 3.16. The van der Waals surface area contributed by atoms with Crippen LogP contribution in [0.3, 0.4) is 0 Å². The van der Waals surface area contributed by atoms with Gasteiger partial charge in [-0.05, 0) is 55.5 Å². The van der Waals surface area contributed by atoms with E-state index in [4.69, 9.17) is 0 Å². The third kappa shape index (κ3) is 3.71. The second-order valence-corrected chi connectivity index (χ2v) is 8.32. The SMILES string of the molecule is CCc1ccc(CN(C)C(=O)c2cc(Br)sc2Br)cc1. The highest BCUT2D eigenvalue weighted by Crippen LogP contribution is 2.32. The Balaban J connectivity index is 2.09. The van der Waals surface area contributed by atoms with Crippen LogP contribution in [-0.4, -0.2) is 17.9 Å². The van der Waals surface area contributed by atoms with Crippen LogP contribution in [0.15, 0.2) is 37.9 Å². The van der Waals surface area contributed by atoms with E-state index in [1.165, 1.54) is 16.9 Å². The first-order valence-corrected chi connectivity index (χ1v) is 8.69. The molecule has 0 spiro atoms. The maximum absolute atomic E-state index is 12.4. The number of aryl methyl sites for hydroxylation is 1. The number of carbonyl (C=O) groups excluding carboxylic acids is 1. The Kier molecular flexibility index (Phi) is 5.41. The quantitative estimate of drug-likeness (QED) is 0.678. The Morgan fingerprint density at radius 2 is 1.80 bits per heavy atom. The van der Waals surface area contributed by atoms with Crippen LogP contribution in [0.1, 0.15) is 28.4 Å². The van der Waals surface area contributed by atoms with E-state index in [-0.39, 0.29) is 5.91 Å². The van der Waals surface area contributed by atoms with Gasteiger partial charge < -0.3 is 4.90 Å². The van der Waals surface area contributed by atoms with Gasteiger partial charge in [-0.1, -0.05) is 31.2 Å². The highest BCUT2D eigenvalue weighted by molar-refractivity contribution is 9.12. The van der Waals surface area contributed by atoms with Crippen LogP contribution < -0.4 is 0 Å². The number of amides is 1. The summed E-state index contributed by atoms with van der Waals surface area (Å²) in [5.74, 6) is 0.0263. The monoisotopic (exact) mass is 415 g/mol. The molecular weight excluding hydrogens is 402 g/mol. The molecule has 0 radical (unpaired) electrons. The normalized spacial score (nSPS) is 10.6. The average Bonchev–Trinajstić information content (AvgIpc) is 2.77. The molecule has 0 N–H and O–H groups in total. The molecule has 0 bridgehead atoms. The topological polar surface area (TPSA) is 20.3 Å². The van der Waals surface area contributed by atoms with Crippen LogP contribution >= 0.6 is 43.2 Å². The fourth-order valence-electron chi connectivity index (χ4n) is 1.92. The zero-order chi connectivity index (χ0) is 14.7. The molecule has 0 aliphatic heterocycles. The molecule has 2 nitrogen and oxygen atoms in total. The summed E-state index contributed by atoms with van der Waals surface area (Å²) in [6.07, 6.45) is 1.03. The molecule has 106 valence electrons. The lowest BCUT2D eigenvalue weighted by Gasteiger charge is -2.17. The number of hydrogen-bond donors (Lipinski definition) is 0. The van der Waals surface area contributed by atoms with Gasteiger partial charge in [0.15, 0.2) is 0 Å². The predicted octanol–water partition coefficient (Wildman–Crippen LogP) is 5.11. The number of hydrogen-bond acceptors (Lipinski definition) is 2. The van der Waals surface area contributed by atoms with Gasteiger partial charge in [0.05, 0.1) is 13.1 Å². The summed E-state index contributed by atoms with van der Waals surface area (Å²) < 4.78 is 1.82. The van der Waals surface area contributed by atoms with Crippen LogP contribution in [0.4, 0.5) is 0 Å². The van der Waals surface area contributed by atoms with Gasteiger partial charge in [-0.25, -0.2) is 0 Å². The predicted molar refractivity (Wildman–Crippen MR) is 91.3 cm³/mol. The second kappa shape index (κ2) is 6.87. The lowest BCUT2D eigenvalue weighted by molar-refractivity contribution is 0.0785. The molecule has 2 aromatic rings. The molecule has 2 rings (SSSR count). The Morgan fingerprint density at radius 3 is 2.30 bits per heavy atom. The van der Waals surface area contributed by atoms with Crippen LogP contribution in [0.2, 0.25) is 0 Å². The lowest BCUT2D eigenvalue weighted by Crippen LogP contribution is -2.26. The smallest absolute Gasteiger partial charge is 0.255 e. The van der Waals surface area contributed by atoms with Crippen molar-refractivity contribution in [1.29, 1.82) is 0 Å². The van der Waals surface area contributed by atoms with E-state index >= 15 is 0 Å². The van der Waals surface area contributed by atoms with Crippen LogP contribution in [0.5, 0.6) is 0 Å². The van der Waals surface area contributed by atoms with Crippen molar-refractivity contribution in [3.8, 4) is 0 Å². The Morgan fingerprint density at radius 1 is 1.20 bits per heavy atom. The summed E-state index contributed by atoms with van der Waals surface area (Å²) in [4.78, 5) is 14.1. The Hall–Kier alpha value is -0.650. The van der Waals surface area contributed by atoms with Crippen molar-refractivity contribution in [3.63, 3.8) is 0 Å². The van der Waals surface area contributed by atoms with Gasteiger partial charge in [0.25, 0.3) is 5.91 Å². The van der Waals surface area contributed by atoms with Crippen LogP contribution in [0, 0.1) is 0 Å². The minimum absolute atomic E-state index is 0.0263. The first-order valence-electron chi connectivity index (χ1n) is 6.29. The summed E-state index contributed by atoms with van der Waals surface area (Å²) in [6.45, 7) is 2.75. The molecule has 1 aromatic carbocycles. The van der Waals surface area contributed by atoms with E-state index in [0.717, 1.165) is 19.6 Å². The van der Waals surface area contributed by atoms with E-state index in [2.05, 4.69) is 63.0 Å². The molecular formula is C15H15Br2NOS. The zero-order valence-corrected chi connectivity index (χ0v) is 15.3. The third-order valence-corrected chi connectivity index (χ3v) is 5.42. The number of carbonyl (C=O) groups is 1. The number of benzene rings is 1. The highest BCUT2D eigenvalue weighted by atomic mass is 79.9. The van der Waals surface area contributed by atoms with E-state index in [0.29, 0.717) is 12.1 Å². The van der Waals surface area contributed by atoms with Crippen molar-refractivity contribution < 1.29 is 4.79 Å². The molecule has 1 heterocycles. The molecule has 0 aliphatic carbocycles. The van der Waals surface area contributed by atoms with Crippen molar-refractivity contribution in [2.75, 3.05) is 7.05 Å². The zero-order valence-electron chi connectivity index (χ0n) is 11.3. The molecule has 0 unspecified atom stereocenters. The van der Waals surface area contributed by atoms with Crippen LogP contribution in [-0.2, 0) is 13.0 Å². The van der Waals surface area contributed by atoms with Gasteiger partial charge >= 0.3 is 0 Å². The van der Waals surface area contributed by atoms with Gasteiger partial charge in [-0.2, -0.15) is 0 Å². The average molecular weight is 417 g/mol. The summed E-state index contributed by atoms with van der Waals surface area (Å²) in [6, 6.07) is 10.3. The minimum Gasteiger partial charge on any atom is -0.337 e. The lowest BCUT2D eigenvalue weighted by atomic mass is 10.1. The summed E-state index contributed by atoms with van der Waals surface area (Å²) >= 11 is 8.34. The molecule has 0 aliphatic rings. The van der Waals surface area contributed by atoms with Crippen molar-refractivity contribution >= 4 is 49.1 Å².